The highest BCUT2D eigenvalue weighted by Gasteiger charge is 2.45. The molecule has 2 heterocycles. The fourth-order valence-corrected chi connectivity index (χ4v) is 3.34. The predicted molar refractivity (Wildman–Crippen MR) is 79.3 cm³/mol. The molecule has 2 aliphatic rings. The van der Waals surface area contributed by atoms with Crippen LogP contribution in [0.3, 0.4) is 0 Å². The summed E-state index contributed by atoms with van der Waals surface area (Å²) in [6.07, 6.45) is 3.18. The SMILES string of the molecule is CC1(C(=O)N2c3ccccc3C[C@H]2C(=O)O)CCCCN1. The summed E-state index contributed by atoms with van der Waals surface area (Å²) < 4.78 is 0. The molecular formula is C16H20N2O3. The van der Waals surface area contributed by atoms with Crippen molar-refractivity contribution in [1.82, 2.24) is 5.32 Å². The van der Waals surface area contributed by atoms with Gasteiger partial charge in [-0.3, -0.25) is 9.69 Å². The zero-order chi connectivity index (χ0) is 15.0. The Morgan fingerprint density at radius 2 is 2.10 bits per heavy atom. The average molecular weight is 288 g/mol. The van der Waals surface area contributed by atoms with E-state index in [4.69, 9.17) is 0 Å². The quantitative estimate of drug-likeness (QED) is 0.866. The Kier molecular flexibility index (Phi) is 3.45. The first kappa shape index (κ1) is 14.1. The summed E-state index contributed by atoms with van der Waals surface area (Å²) in [6.45, 7) is 2.68. The molecule has 2 atom stereocenters. The molecule has 1 aromatic rings. The third-order valence-corrected chi connectivity index (χ3v) is 4.57. The number of hydrogen-bond acceptors (Lipinski definition) is 3. The van der Waals surface area contributed by atoms with E-state index in [1.807, 2.05) is 31.2 Å². The fourth-order valence-electron chi connectivity index (χ4n) is 3.34. The zero-order valence-corrected chi connectivity index (χ0v) is 12.1. The lowest BCUT2D eigenvalue weighted by atomic mass is 9.89. The highest BCUT2D eigenvalue weighted by Crippen LogP contribution is 2.35. The van der Waals surface area contributed by atoms with Crippen molar-refractivity contribution in [3.63, 3.8) is 0 Å². The Balaban J connectivity index is 1.97. The van der Waals surface area contributed by atoms with Gasteiger partial charge in [0.1, 0.15) is 6.04 Å². The van der Waals surface area contributed by atoms with Crippen LogP contribution in [-0.4, -0.2) is 35.1 Å². The Bertz CT molecular complexity index is 579. The molecule has 1 saturated heterocycles. The minimum absolute atomic E-state index is 0.125. The van der Waals surface area contributed by atoms with E-state index < -0.39 is 17.6 Å². The van der Waals surface area contributed by atoms with E-state index in [2.05, 4.69) is 5.32 Å². The molecule has 0 aliphatic carbocycles. The molecule has 1 unspecified atom stereocenters. The van der Waals surface area contributed by atoms with E-state index >= 15 is 0 Å². The first-order valence-electron chi connectivity index (χ1n) is 7.42. The van der Waals surface area contributed by atoms with Gasteiger partial charge in [-0.1, -0.05) is 18.2 Å². The molecule has 0 bridgehead atoms. The summed E-state index contributed by atoms with van der Waals surface area (Å²) in [5.41, 5.74) is 1.00. The number of anilines is 1. The van der Waals surface area contributed by atoms with Gasteiger partial charge in [-0.05, 0) is 44.4 Å². The summed E-state index contributed by atoms with van der Waals surface area (Å²) in [6, 6.07) is 6.67. The second kappa shape index (κ2) is 5.15. The van der Waals surface area contributed by atoms with E-state index in [1.165, 1.54) is 4.90 Å². The van der Waals surface area contributed by atoms with Crippen LogP contribution in [0.5, 0.6) is 0 Å². The number of piperidine rings is 1. The maximum atomic E-state index is 13.0. The third-order valence-electron chi connectivity index (χ3n) is 4.57. The topological polar surface area (TPSA) is 69.6 Å². The van der Waals surface area contributed by atoms with Crippen molar-refractivity contribution in [2.24, 2.45) is 0 Å². The van der Waals surface area contributed by atoms with Crippen LogP contribution in [0.15, 0.2) is 24.3 Å². The normalized spacial score (nSPS) is 28.2. The standard InChI is InChI=1S/C16H20N2O3/c1-16(8-4-5-9-17-16)15(21)18-12-7-3-2-6-11(12)10-13(18)14(19)20/h2-3,6-7,13,17H,4-5,8-10H2,1H3,(H,19,20)/t13-,16?/m0/s1. The maximum Gasteiger partial charge on any atom is 0.327 e. The van der Waals surface area contributed by atoms with Gasteiger partial charge in [0.05, 0.1) is 5.54 Å². The molecule has 1 aromatic carbocycles. The first-order chi connectivity index (χ1) is 10.0. The monoisotopic (exact) mass is 288 g/mol. The van der Waals surface area contributed by atoms with Gasteiger partial charge in [-0.15, -0.1) is 0 Å². The molecule has 0 saturated carbocycles. The van der Waals surface area contributed by atoms with Crippen molar-refractivity contribution in [3.05, 3.63) is 29.8 Å². The molecule has 112 valence electrons. The minimum atomic E-state index is -0.945. The van der Waals surface area contributed by atoms with Crippen LogP contribution >= 0.6 is 0 Å². The number of para-hydroxylation sites is 1. The van der Waals surface area contributed by atoms with Crippen LogP contribution in [-0.2, 0) is 16.0 Å². The van der Waals surface area contributed by atoms with Gasteiger partial charge in [0.15, 0.2) is 0 Å². The number of benzene rings is 1. The van der Waals surface area contributed by atoms with E-state index in [0.29, 0.717) is 6.42 Å². The van der Waals surface area contributed by atoms with Crippen LogP contribution in [0.25, 0.3) is 0 Å². The van der Waals surface area contributed by atoms with Crippen LogP contribution < -0.4 is 10.2 Å². The van der Waals surface area contributed by atoms with E-state index in [9.17, 15) is 14.7 Å². The molecule has 0 aromatic heterocycles. The van der Waals surface area contributed by atoms with Crippen molar-refractivity contribution in [2.45, 2.75) is 44.2 Å². The van der Waals surface area contributed by atoms with Gasteiger partial charge in [-0.25, -0.2) is 4.79 Å². The maximum absolute atomic E-state index is 13.0. The Labute approximate surface area is 123 Å². The third kappa shape index (κ3) is 2.31. The lowest BCUT2D eigenvalue weighted by molar-refractivity contribution is -0.140. The van der Waals surface area contributed by atoms with Crippen molar-refractivity contribution in [1.29, 1.82) is 0 Å². The number of nitrogens with zero attached hydrogens (tertiary/aromatic N) is 1. The largest absolute Gasteiger partial charge is 0.480 e. The molecule has 2 aliphatic heterocycles. The lowest BCUT2D eigenvalue weighted by Gasteiger charge is -2.38. The molecule has 3 rings (SSSR count). The van der Waals surface area contributed by atoms with Gasteiger partial charge in [0, 0.05) is 12.1 Å². The van der Waals surface area contributed by atoms with Crippen LogP contribution in [0.2, 0.25) is 0 Å². The Hall–Kier alpha value is -1.88. The second-order valence-corrected chi connectivity index (χ2v) is 6.08. The van der Waals surface area contributed by atoms with Gasteiger partial charge in [0.25, 0.3) is 0 Å². The van der Waals surface area contributed by atoms with Crippen molar-refractivity contribution >= 4 is 17.6 Å². The summed E-state index contributed by atoms with van der Waals surface area (Å²) in [7, 11) is 0. The highest BCUT2D eigenvalue weighted by molar-refractivity contribution is 6.06. The fraction of sp³-hybridized carbons (Fsp3) is 0.500. The molecule has 5 heteroatoms. The first-order valence-corrected chi connectivity index (χ1v) is 7.42. The number of amides is 1. The van der Waals surface area contributed by atoms with Crippen molar-refractivity contribution in [3.8, 4) is 0 Å². The van der Waals surface area contributed by atoms with Gasteiger partial charge >= 0.3 is 5.97 Å². The number of rotatable bonds is 2. The molecule has 1 amide bonds. The number of hydrogen-bond donors (Lipinski definition) is 2. The highest BCUT2D eigenvalue weighted by atomic mass is 16.4. The summed E-state index contributed by atoms with van der Waals surface area (Å²) >= 11 is 0. The van der Waals surface area contributed by atoms with E-state index in [1.54, 1.807) is 0 Å². The number of carboxylic acids is 1. The predicted octanol–water partition coefficient (Wildman–Crippen LogP) is 1.56. The van der Waals surface area contributed by atoms with Crippen LogP contribution in [0, 0.1) is 0 Å². The minimum Gasteiger partial charge on any atom is -0.480 e. The molecule has 1 fully saturated rings. The second-order valence-electron chi connectivity index (χ2n) is 6.08. The van der Waals surface area contributed by atoms with Gasteiger partial charge in [-0.2, -0.15) is 0 Å². The lowest BCUT2D eigenvalue weighted by Crippen LogP contribution is -2.60. The van der Waals surface area contributed by atoms with Crippen LogP contribution in [0.4, 0.5) is 5.69 Å². The van der Waals surface area contributed by atoms with E-state index in [0.717, 1.165) is 37.1 Å². The molecule has 2 N–H and O–H groups in total. The number of fused-ring (bicyclic) bond motifs is 1. The number of carbonyl (C=O) groups excluding carboxylic acids is 1. The smallest absolute Gasteiger partial charge is 0.327 e. The van der Waals surface area contributed by atoms with Crippen molar-refractivity contribution < 1.29 is 14.7 Å². The number of carboxylic acid groups (broad SMARTS) is 1. The Morgan fingerprint density at radius 1 is 1.33 bits per heavy atom. The van der Waals surface area contributed by atoms with Gasteiger partial charge in [0.2, 0.25) is 5.91 Å². The average Bonchev–Trinajstić information content (AvgIpc) is 2.86. The van der Waals surface area contributed by atoms with Gasteiger partial charge < -0.3 is 10.4 Å². The number of nitrogens with one attached hydrogen (secondary N) is 1. The summed E-state index contributed by atoms with van der Waals surface area (Å²) in [5.74, 6) is -1.07. The molecular weight excluding hydrogens is 268 g/mol. The van der Waals surface area contributed by atoms with Crippen LogP contribution in [0.1, 0.15) is 31.7 Å². The molecule has 0 spiro atoms. The zero-order valence-electron chi connectivity index (χ0n) is 12.1. The summed E-state index contributed by atoms with van der Waals surface area (Å²) in [4.78, 5) is 26.0. The Morgan fingerprint density at radius 3 is 2.76 bits per heavy atom. The number of carbonyl (C=O) groups is 2. The summed E-state index contributed by atoms with van der Waals surface area (Å²) in [5, 5.41) is 12.8. The molecule has 5 nitrogen and oxygen atoms in total. The molecule has 21 heavy (non-hydrogen) atoms. The molecule has 0 radical (unpaired) electrons. The van der Waals surface area contributed by atoms with E-state index in [-0.39, 0.29) is 5.91 Å². The van der Waals surface area contributed by atoms with Crippen molar-refractivity contribution in [2.75, 3.05) is 11.4 Å². The number of aliphatic carboxylic acids is 1.